The molecule has 166 valence electrons. The fraction of sp³-hybridized carbons (Fsp3) is 0.381. The second-order valence-corrected chi connectivity index (χ2v) is 11.4. The number of rotatable bonds is 7. The maximum Gasteiger partial charge on any atom is 0.326 e. The minimum atomic E-state index is -3.98. The topological polar surface area (TPSA) is 117 Å². The van der Waals surface area contributed by atoms with Crippen molar-refractivity contribution in [2.24, 2.45) is 0 Å². The summed E-state index contributed by atoms with van der Waals surface area (Å²) in [5, 5.41) is 12.2. The molecule has 1 amide bonds. The summed E-state index contributed by atoms with van der Waals surface area (Å²) in [6.07, 6.45) is 2.79. The molecule has 10 heteroatoms. The third-order valence-corrected chi connectivity index (χ3v) is 8.51. The number of aryl methyl sites for hydroxylation is 1. The molecule has 0 unspecified atom stereocenters. The number of benzene rings is 1. The highest BCUT2D eigenvalue weighted by Gasteiger charge is 2.51. The van der Waals surface area contributed by atoms with Crippen LogP contribution in [0, 0.1) is 6.92 Å². The zero-order valence-electron chi connectivity index (χ0n) is 17.5. The summed E-state index contributed by atoms with van der Waals surface area (Å²) in [6, 6.07) is 8.05. The van der Waals surface area contributed by atoms with Gasteiger partial charge in [-0.05, 0) is 38.5 Å². The van der Waals surface area contributed by atoms with Crippen molar-refractivity contribution < 1.29 is 23.1 Å². The zero-order chi connectivity index (χ0) is 22.8. The van der Waals surface area contributed by atoms with Crippen molar-refractivity contribution in [2.75, 3.05) is 5.88 Å². The number of hydrogen-bond acceptors (Lipinski definition) is 6. The summed E-state index contributed by atoms with van der Waals surface area (Å²) in [7, 11) is -3.98. The molecule has 1 aliphatic heterocycles. The van der Waals surface area contributed by atoms with Gasteiger partial charge in [-0.25, -0.2) is 13.2 Å². The Balaban J connectivity index is 1.85. The van der Waals surface area contributed by atoms with Crippen molar-refractivity contribution in [3.8, 4) is 0 Å². The molecular weight excluding hydrogens is 438 g/mol. The predicted octanol–water partition coefficient (Wildman–Crippen LogP) is 2.04. The van der Waals surface area contributed by atoms with Crippen LogP contribution in [0.3, 0.4) is 0 Å². The van der Waals surface area contributed by atoms with E-state index in [1.54, 1.807) is 13.8 Å². The molecule has 1 aromatic heterocycles. The van der Waals surface area contributed by atoms with E-state index < -0.39 is 38.7 Å². The molecule has 2 aromatic rings. The molecule has 2 atom stereocenters. The normalized spacial score (nSPS) is 19.6. The minimum absolute atomic E-state index is 0.0134. The fourth-order valence-electron chi connectivity index (χ4n) is 3.43. The average Bonchev–Trinajstić information content (AvgIpc) is 3.05. The van der Waals surface area contributed by atoms with Gasteiger partial charge >= 0.3 is 5.97 Å². The minimum Gasteiger partial charge on any atom is -0.480 e. The van der Waals surface area contributed by atoms with Crippen LogP contribution in [0.1, 0.15) is 25.0 Å². The number of carboxylic acids is 1. The van der Waals surface area contributed by atoms with Gasteiger partial charge in [0, 0.05) is 23.6 Å². The van der Waals surface area contributed by atoms with E-state index in [4.69, 9.17) is 0 Å². The highest BCUT2D eigenvalue weighted by Crippen LogP contribution is 2.42. The monoisotopic (exact) mass is 463 g/mol. The van der Waals surface area contributed by atoms with Crippen LogP contribution >= 0.6 is 11.8 Å². The van der Waals surface area contributed by atoms with E-state index in [1.807, 2.05) is 31.2 Å². The molecule has 1 fully saturated rings. The lowest BCUT2D eigenvalue weighted by atomic mass is 10.0. The van der Waals surface area contributed by atoms with Crippen LogP contribution in [0.4, 0.5) is 0 Å². The van der Waals surface area contributed by atoms with Gasteiger partial charge in [-0.2, -0.15) is 4.31 Å². The molecule has 0 radical (unpaired) electrons. The zero-order valence-corrected chi connectivity index (χ0v) is 19.1. The van der Waals surface area contributed by atoms with Crippen LogP contribution < -0.4 is 5.32 Å². The van der Waals surface area contributed by atoms with E-state index >= 15 is 0 Å². The standard InChI is InChI=1S/C21H25N3O5S2/c1-14-6-8-15(9-7-14)11-17(20(26)27)23-19(25)18-21(2,3)30-13-24(18)31(28,29)16-5-4-10-22-12-16/h4-10,12,17-18H,11,13H2,1-3H3,(H,23,25)(H,26,27)/t17-,18+/m0/s1. The number of carboxylic acid groups (broad SMARTS) is 1. The molecule has 0 spiro atoms. The van der Waals surface area contributed by atoms with E-state index in [9.17, 15) is 23.1 Å². The number of pyridine rings is 1. The van der Waals surface area contributed by atoms with Crippen LogP contribution in [0.5, 0.6) is 0 Å². The van der Waals surface area contributed by atoms with Crippen LogP contribution in [-0.4, -0.2) is 57.4 Å². The Kier molecular flexibility index (Phi) is 6.73. The van der Waals surface area contributed by atoms with Crippen molar-refractivity contribution in [1.29, 1.82) is 0 Å². The number of aliphatic carboxylic acids is 1. The maximum absolute atomic E-state index is 13.2. The van der Waals surface area contributed by atoms with E-state index in [1.165, 1.54) is 36.3 Å². The van der Waals surface area contributed by atoms with Crippen LogP contribution in [0.15, 0.2) is 53.7 Å². The van der Waals surface area contributed by atoms with Gasteiger partial charge in [-0.3, -0.25) is 9.78 Å². The summed E-state index contributed by atoms with van der Waals surface area (Å²) >= 11 is 1.32. The molecule has 3 rings (SSSR count). The van der Waals surface area contributed by atoms with Crippen LogP contribution in [0.2, 0.25) is 0 Å². The van der Waals surface area contributed by atoms with E-state index in [-0.39, 0.29) is 17.2 Å². The summed E-state index contributed by atoms with van der Waals surface area (Å²) in [5.41, 5.74) is 1.80. The molecule has 2 heterocycles. The maximum atomic E-state index is 13.2. The van der Waals surface area contributed by atoms with Crippen molar-refractivity contribution in [1.82, 2.24) is 14.6 Å². The second kappa shape index (κ2) is 8.97. The summed E-state index contributed by atoms with van der Waals surface area (Å²) in [5.74, 6) is -1.74. The average molecular weight is 464 g/mol. The number of amides is 1. The molecule has 8 nitrogen and oxygen atoms in total. The van der Waals surface area contributed by atoms with Crippen LogP contribution in [-0.2, 0) is 26.0 Å². The van der Waals surface area contributed by atoms with Crippen LogP contribution in [0.25, 0.3) is 0 Å². The SMILES string of the molecule is Cc1ccc(C[C@H](NC(=O)[C@H]2N(S(=O)(=O)c3cccnc3)CSC2(C)C)C(=O)O)cc1. The summed E-state index contributed by atoms with van der Waals surface area (Å²) in [4.78, 5) is 28.9. The number of aromatic nitrogens is 1. The van der Waals surface area contributed by atoms with Crippen molar-refractivity contribution in [3.05, 3.63) is 59.9 Å². The molecule has 31 heavy (non-hydrogen) atoms. The number of carbonyl (C=O) groups is 2. The smallest absolute Gasteiger partial charge is 0.326 e. The van der Waals surface area contributed by atoms with Crippen molar-refractivity contribution >= 4 is 33.7 Å². The fourth-order valence-corrected chi connectivity index (χ4v) is 6.56. The first kappa shape index (κ1) is 23.2. The molecule has 0 aliphatic carbocycles. The number of nitrogens with zero attached hydrogens (tertiary/aromatic N) is 2. The highest BCUT2D eigenvalue weighted by atomic mass is 32.2. The second-order valence-electron chi connectivity index (χ2n) is 7.95. The molecule has 2 N–H and O–H groups in total. The van der Waals surface area contributed by atoms with Gasteiger partial charge in [-0.15, -0.1) is 11.8 Å². The van der Waals surface area contributed by atoms with Gasteiger partial charge in [0.2, 0.25) is 15.9 Å². The molecule has 1 saturated heterocycles. The third-order valence-electron chi connectivity index (χ3n) is 5.17. The number of sulfonamides is 1. The Morgan fingerprint density at radius 3 is 2.55 bits per heavy atom. The first-order valence-corrected chi connectivity index (χ1v) is 12.1. The third kappa shape index (κ3) is 5.08. The van der Waals surface area contributed by atoms with Gasteiger partial charge in [0.15, 0.2) is 0 Å². The molecule has 1 aromatic carbocycles. The van der Waals surface area contributed by atoms with E-state index in [0.29, 0.717) is 0 Å². The Hall–Kier alpha value is -2.43. The first-order chi connectivity index (χ1) is 14.5. The number of thioether (sulfide) groups is 1. The van der Waals surface area contributed by atoms with Crippen molar-refractivity contribution in [3.63, 3.8) is 0 Å². The Labute approximate surface area is 186 Å². The Bertz CT molecular complexity index is 1060. The Morgan fingerprint density at radius 2 is 1.97 bits per heavy atom. The van der Waals surface area contributed by atoms with Gasteiger partial charge in [0.25, 0.3) is 0 Å². The molecule has 0 bridgehead atoms. The van der Waals surface area contributed by atoms with Gasteiger partial charge in [-0.1, -0.05) is 29.8 Å². The summed E-state index contributed by atoms with van der Waals surface area (Å²) in [6.45, 7) is 5.48. The number of nitrogens with one attached hydrogen (secondary N) is 1. The quantitative estimate of drug-likeness (QED) is 0.645. The number of hydrogen-bond donors (Lipinski definition) is 2. The molecule has 0 saturated carbocycles. The van der Waals surface area contributed by atoms with Gasteiger partial charge in [0.1, 0.15) is 17.0 Å². The van der Waals surface area contributed by atoms with E-state index in [0.717, 1.165) is 15.4 Å². The summed E-state index contributed by atoms with van der Waals surface area (Å²) < 4.78 is 26.7. The lowest BCUT2D eigenvalue weighted by molar-refractivity contribution is -0.142. The van der Waals surface area contributed by atoms with Gasteiger partial charge < -0.3 is 10.4 Å². The molecule has 1 aliphatic rings. The van der Waals surface area contributed by atoms with Gasteiger partial charge in [0.05, 0.1) is 5.88 Å². The lowest BCUT2D eigenvalue weighted by Gasteiger charge is -2.30. The van der Waals surface area contributed by atoms with E-state index in [2.05, 4.69) is 10.3 Å². The highest BCUT2D eigenvalue weighted by molar-refractivity contribution is 8.02. The Morgan fingerprint density at radius 1 is 1.29 bits per heavy atom. The van der Waals surface area contributed by atoms with Crippen molar-refractivity contribution in [2.45, 2.75) is 48.9 Å². The predicted molar refractivity (Wildman–Crippen MR) is 118 cm³/mol. The lowest BCUT2D eigenvalue weighted by Crippen LogP contribution is -2.56. The largest absolute Gasteiger partial charge is 0.480 e. The number of carbonyl (C=O) groups excluding carboxylic acids is 1. The molecular formula is C21H25N3O5S2. The first-order valence-electron chi connectivity index (χ1n) is 9.67.